The van der Waals surface area contributed by atoms with Gasteiger partial charge in [0.15, 0.2) is 0 Å². The zero-order valence-corrected chi connectivity index (χ0v) is 7.64. The van der Waals surface area contributed by atoms with E-state index in [0.717, 1.165) is 25.5 Å². The Morgan fingerprint density at radius 2 is 2.46 bits per heavy atom. The number of hydrogen-bond acceptors (Lipinski definition) is 5. The molecular weight excluding hydrogens is 166 g/mol. The number of aromatic nitrogens is 3. The first-order valence-corrected chi connectivity index (χ1v) is 4.46. The summed E-state index contributed by atoms with van der Waals surface area (Å²) >= 11 is 0. The van der Waals surface area contributed by atoms with Gasteiger partial charge in [0.05, 0.1) is 12.4 Å². The molecule has 1 aromatic rings. The molecule has 2 rings (SSSR count). The minimum atomic E-state index is 0.559. The lowest BCUT2D eigenvalue weighted by Gasteiger charge is -2.14. The van der Waals surface area contributed by atoms with Crippen molar-refractivity contribution in [1.82, 2.24) is 20.5 Å². The lowest BCUT2D eigenvalue weighted by atomic mass is 10.3. The highest BCUT2D eigenvalue weighted by molar-refractivity contribution is 5.29. The van der Waals surface area contributed by atoms with Crippen molar-refractivity contribution in [2.24, 2.45) is 0 Å². The lowest BCUT2D eigenvalue weighted by molar-refractivity contribution is 0.615. The summed E-state index contributed by atoms with van der Waals surface area (Å²) in [5.41, 5.74) is 0. The van der Waals surface area contributed by atoms with Crippen LogP contribution in [0.5, 0.6) is 0 Å². The number of nitrogens with one attached hydrogen (secondary N) is 1. The first kappa shape index (κ1) is 8.37. The molecule has 1 atom stereocenters. The van der Waals surface area contributed by atoms with E-state index in [9.17, 15) is 0 Å². The number of rotatable bonds is 2. The normalized spacial score (nSPS) is 22.2. The predicted molar refractivity (Wildman–Crippen MR) is 49.5 cm³/mol. The molecule has 1 aromatic heterocycles. The number of nitrogens with zero attached hydrogens (tertiary/aromatic N) is 4. The Bertz CT molecular complexity index is 262. The Morgan fingerprint density at radius 3 is 3.08 bits per heavy atom. The fourth-order valence-electron chi connectivity index (χ4n) is 1.56. The van der Waals surface area contributed by atoms with Gasteiger partial charge in [0.2, 0.25) is 5.95 Å². The predicted octanol–water partition coefficient (Wildman–Crippen LogP) is -0.330. The van der Waals surface area contributed by atoms with Crippen LogP contribution in [0, 0.1) is 0 Å². The van der Waals surface area contributed by atoms with E-state index >= 15 is 0 Å². The van der Waals surface area contributed by atoms with Crippen LogP contribution < -0.4 is 10.2 Å². The van der Waals surface area contributed by atoms with Crippen LogP contribution in [0.3, 0.4) is 0 Å². The average Bonchev–Trinajstić information content (AvgIpc) is 2.67. The Balaban J connectivity index is 2.04. The Morgan fingerprint density at radius 1 is 1.54 bits per heavy atom. The molecule has 2 heterocycles. The van der Waals surface area contributed by atoms with Crippen molar-refractivity contribution in [3.8, 4) is 0 Å². The van der Waals surface area contributed by atoms with Gasteiger partial charge in [-0.2, -0.15) is 5.10 Å². The molecule has 0 saturated carbocycles. The van der Waals surface area contributed by atoms with Crippen LogP contribution in [0.25, 0.3) is 0 Å². The topological polar surface area (TPSA) is 53.9 Å². The number of hydrogen-bond donors (Lipinski definition) is 1. The van der Waals surface area contributed by atoms with Crippen LogP contribution in [0.15, 0.2) is 12.4 Å². The van der Waals surface area contributed by atoms with Crippen LogP contribution in [-0.4, -0.2) is 41.4 Å². The Hall–Kier alpha value is -1.23. The molecule has 0 spiro atoms. The van der Waals surface area contributed by atoms with Crippen molar-refractivity contribution in [3.05, 3.63) is 12.4 Å². The Kier molecular flexibility index (Phi) is 2.35. The van der Waals surface area contributed by atoms with Gasteiger partial charge in [-0.1, -0.05) is 0 Å². The van der Waals surface area contributed by atoms with Crippen LogP contribution >= 0.6 is 0 Å². The van der Waals surface area contributed by atoms with Crippen LogP contribution in [0.1, 0.15) is 6.42 Å². The van der Waals surface area contributed by atoms with Crippen LogP contribution in [0.2, 0.25) is 0 Å². The van der Waals surface area contributed by atoms with Gasteiger partial charge in [-0.3, -0.25) is 0 Å². The molecule has 1 aliphatic heterocycles. The number of anilines is 1. The molecule has 70 valence electrons. The van der Waals surface area contributed by atoms with Gasteiger partial charge in [-0.05, 0) is 13.5 Å². The van der Waals surface area contributed by atoms with Gasteiger partial charge < -0.3 is 10.2 Å². The van der Waals surface area contributed by atoms with E-state index in [1.165, 1.54) is 0 Å². The summed E-state index contributed by atoms with van der Waals surface area (Å²) in [5, 5.41) is 11.0. The fraction of sp³-hybridized carbons (Fsp3) is 0.625. The van der Waals surface area contributed by atoms with Crippen molar-refractivity contribution >= 4 is 5.95 Å². The van der Waals surface area contributed by atoms with E-state index < -0.39 is 0 Å². The maximum atomic E-state index is 4.15. The smallest absolute Gasteiger partial charge is 0.245 e. The van der Waals surface area contributed by atoms with E-state index in [2.05, 4.69) is 25.4 Å². The zero-order valence-electron chi connectivity index (χ0n) is 7.64. The van der Waals surface area contributed by atoms with E-state index in [1.54, 1.807) is 12.4 Å². The van der Waals surface area contributed by atoms with E-state index in [0.29, 0.717) is 6.04 Å². The summed E-state index contributed by atoms with van der Waals surface area (Å²) in [6.07, 6.45) is 4.42. The molecule has 1 unspecified atom stereocenters. The largest absolute Gasteiger partial charge is 0.338 e. The molecule has 5 heteroatoms. The molecule has 1 aliphatic rings. The summed E-state index contributed by atoms with van der Waals surface area (Å²) in [5.74, 6) is 0.736. The third-order valence-electron chi connectivity index (χ3n) is 2.35. The standard InChI is InChI=1S/C8H13N5/c1-9-7-2-5-13(6-7)8-10-3-4-11-12-8/h3-4,7,9H,2,5-6H2,1H3. The van der Waals surface area contributed by atoms with E-state index in [-0.39, 0.29) is 0 Å². The summed E-state index contributed by atoms with van der Waals surface area (Å²) in [4.78, 5) is 6.30. The highest BCUT2D eigenvalue weighted by Crippen LogP contribution is 2.13. The highest BCUT2D eigenvalue weighted by Gasteiger charge is 2.22. The first-order valence-electron chi connectivity index (χ1n) is 4.46. The molecule has 0 aliphatic carbocycles. The van der Waals surface area contributed by atoms with Crippen LogP contribution in [0.4, 0.5) is 5.95 Å². The molecular formula is C8H13N5. The minimum Gasteiger partial charge on any atom is -0.338 e. The second-order valence-electron chi connectivity index (χ2n) is 3.16. The molecule has 0 bridgehead atoms. The van der Waals surface area contributed by atoms with Crippen LogP contribution in [-0.2, 0) is 0 Å². The Labute approximate surface area is 77.2 Å². The third-order valence-corrected chi connectivity index (χ3v) is 2.35. The van der Waals surface area contributed by atoms with E-state index in [1.807, 2.05) is 7.05 Å². The maximum Gasteiger partial charge on any atom is 0.245 e. The molecule has 1 saturated heterocycles. The van der Waals surface area contributed by atoms with Gasteiger partial charge in [0.25, 0.3) is 0 Å². The minimum absolute atomic E-state index is 0.559. The zero-order chi connectivity index (χ0) is 9.10. The quantitative estimate of drug-likeness (QED) is 0.673. The highest BCUT2D eigenvalue weighted by atomic mass is 15.3. The van der Waals surface area contributed by atoms with Crippen molar-refractivity contribution < 1.29 is 0 Å². The molecule has 0 aromatic carbocycles. The summed E-state index contributed by atoms with van der Waals surface area (Å²) in [7, 11) is 1.98. The van der Waals surface area contributed by atoms with Gasteiger partial charge in [-0.25, -0.2) is 4.98 Å². The van der Waals surface area contributed by atoms with Gasteiger partial charge >= 0.3 is 0 Å². The molecule has 0 radical (unpaired) electrons. The van der Waals surface area contributed by atoms with Crippen molar-refractivity contribution in [2.45, 2.75) is 12.5 Å². The maximum absolute atomic E-state index is 4.15. The molecule has 1 N–H and O–H groups in total. The summed E-state index contributed by atoms with van der Waals surface area (Å²) in [6.45, 7) is 1.99. The molecule has 0 amide bonds. The molecule has 5 nitrogen and oxygen atoms in total. The lowest BCUT2D eigenvalue weighted by Crippen LogP contribution is -2.30. The van der Waals surface area contributed by atoms with Gasteiger partial charge in [0, 0.05) is 19.1 Å². The van der Waals surface area contributed by atoms with E-state index in [4.69, 9.17) is 0 Å². The summed E-state index contributed by atoms with van der Waals surface area (Å²) < 4.78 is 0. The molecule has 1 fully saturated rings. The first-order chi connectivity index (χ1) is 6.40. The molecule has 13 heavy (non-hydrogen) atoms. The second-order valence-corrected chi connectivity index (χ2v) is 3.16. The number of likely N-dealkylation sites (N-methyl/N-ethyl adjacent to an activating group) is 1. The van der Waals surface area contributed by atoms with Crippen molar-refractivity contribution in [2.75, 3.05) is 25.0 Å². The SMILES string of the molecule is CNC1CCN(c2nccnn2)C1. The summed E-state index contributed by atoms with van der Waals surface area (Å²) in [6, 6.07) is 0.559. The van der Waals surface area contributed by atoms with Crippen molar-refractivity contribution in [3.63, 3.8) is 0 Å². The van der Waals surface area contributed by atoms with Gasteiger partial charge in [-0.15, -0.1) is 5.10 Å². The van der Waals surface area contributed by atoms with Gasteiger partial charge in [0.1, 0.15) is 0 Å². The monoisotopic (exact) mass is 179 g/mol. The van der Waals surface area contributed by atoms with Crippen molar-refractivity contribution in [1.29, 1.82) is 0 Å². The second kappa shape index (κ2) is 3.66. The average molecular weight is 179 g/mol. The third kappa shape index (κ3) is 1.75. The fourth-order valence-corrected chi connectivity index (χ4v) is 1.56.